The van der Waals surface area contributed by atoms with Gasteiger partial charge in [-0.25, -0.2) is 0 Å². The zero-order chi connectivity index (χ0) is 15.6. The van der Waals surface area contributed by atoms with Crippen LogP contribution in [0.2, 0.25) is 0 Å². The maximum absolute atomic E-state index is 12.9. The molecular weight excluding hydrogens is 354 g/mol. The quantitative estimate of drug-likeness (QED) is 0.555. The lowest BCUT2D eigenvalue weighted by molar-refractivity contribution is -0.879. The molecule has 1 aromatic rings. The molecule has 1 aromatic carbocycles. The Morgan fingerprint density at radius 2 is 1.78 bits per heavy atom. The molecule has 4 heteroatoms. The first-order valence-electron chi connectivity index (χ1n) is 8.63. The van der Waals surface area contributed by atoms with Gasteiger partial charge in [-0.2, -0.15) is 0 Å². The van der Waals surface area contributed by atoms with E-state index in [-0.39, 0.29) is 35.0 Å². The second-order valence-corrected chi connectivity index (χ2v) is 7.62. The minimum Gasteiger partial charge on any atom is -1.00 e. The number of likely N-dealkylation sites (N-methyl/N-ethyl adjacent to an activating group) is 1. The number of hydrogen-bond acceptors (Lipinski definition) is 2. The summed E-state index contributed by atoms with van der Waals surface area (Å²) in [6.45, 7) is 2.04. The Balaban J connectivity index is 0.00000192. The zero-order valence-corrected chi connectivity index (χ0v) is 15.8. The van der Waals surface area contributed by atoms with Gasteiger partial charge < -0.3 is 26.2 Å². The van der Waals surface area contributed by atoms with Crippen LogP contribution in [0.15, 0.2) is 30.3 Å². The number of nitrogens with zero attached hydrogens (tertiary/aromatic N) is 1. The number of rotatable bonds is 4. The van der Waals surface area contributed by atoms with Gasteiger partial charge in [-0.05, 0) is 24.3 Å². The summed E-state index contributed by atoms with van der Waals surface area (Å²) in [7, 11) is 4.42. The molecule has 0 amide bonds. The third-order valence-electron chi connectivity index (χ3n) is 5.32. The molecule has 2 unspecified atom stereocenters. The molecule has 0 radical (unpaired) electrons. The fourth-order valence-corrected chi connectivity index (χ4v) is 4.11. The van der Waals surface area contributed by atoms with Crippen molar-refractivity contribution in [3.8, 4) is 0 Å². The largest absolute Gasteiger partial charge is 1.00 e. The molecule has 1 aliphatic carbocycles. The van der Waals surface area contributed by atoms with E-state index in [2.05, 4.69) is 26.2 Å². The van der Waals surface area contributed by atoms with E-state index in [1.54, 1.807) is 0 Å². The molecule has 0 aromatic heterocycles. The SMILES string of the molecule is C[N+]1(C)CCC(OC(=O)C(c2ccccc2)C2CCCC2)C1.[Br-]. The van der Waals surface area contributed by atoms with Crippen molar-refractivity contribution < 1.29 is 31.0 Å². The first-order chi connectivity index (χ1) is 10.6. The van der Waals surface area contributed by atoms with E-state index in [4.69, 9.17) is 4.74 Å². The molecule has 3 rings (SSSR count). The molecule has 3 nitrogen and oxygen atoms in total. The Morgan fingerprint density at radius 3 is 2.35 bits per heavy atom. The standard InChI is InChI=1S/C19H28NO2.BrH/c1-20(2)13-12-17(14-20)22-19(21)18(16-10-6-7-11-16)15-8-4-3-5-9-15;/h3-5,8-9,16-18H,6-7,10-14H2,1-2H3;1H/q+1;/p-1. The van der Waals surface area contributed by atoms with Gasteiger partial charge in [0, 0.05) is 6.42 Å². The molecule has 1 heterocycles. The van der Waals surface area contributed by atoms with Crippen LogP contribution >= 0.6 is 0 Å². The summed E-state index contributed by atoms with van der Waals surface area (Å²) in [5.74, 6) is 0.392. The van der Waals surface area contributed by atoms with Gasteiger partial charge in [0.1, 0.15) is 6.54 Å². The van der Waals surface area contributed by atoms with Crippen molar-refractivity contribution in [3.63, 3.8) is 0 Å². The highest BCUT2D eigenvalue weighted by molar-refractivity contribution is 5.78. The molecule has 23 heavy (non-hydrogen) atoms. The molecule has 2 aliphatic rings. The van der Waals surface area contributed by atoms with Crippen LogP contribution in [0, 0.1) is 5.92 Å². The number of hydrogen-bond donors (Lipinski definition) is 0. The van der Waals surface area contributed by atoms with Crippen LogP contribution in [0.1, 0.15) is 43.6 Å². The van der Waals surface area contributed by atoms with Crippen LogP contribution < -0.4 is 17.0 Å². The summed E-state index contributed by atoms with van der Waals surface area (Å²) in [5.41, 5.74) is 1.13. The van der Waals surface area contributed by atoms with E-state index in [0.717, 1.165) is 42.4 Å². The van der Waals surface area contributed by atoms with Crippen LogP contribution in [-0.4, -0.2) is 43.7 Å². The minimum absolute atomic E-state index is 0. The predicted molar refractivity (Wildman–Crippen MR) is 87.5 cm³/mol. The second kappa shape index (κ2) is 7.80. The van der Waals surface area contributed by atoms with Crippen LogP contribution in [0.25, 0.3) is 0 Å². The molecule has 0 bridgehead atoms. The third kappa shape index (κ3) is 4.57. The van der Waals surface area contributed by atoms with Gasteiger partial charge in [-0.3, -0.25) is 4.79 Å². The number of esters is 1. The molecule has 0 spiro atoms. The zero-order valence-electron chi connectivity index (χ0n) is 14.2. The Labute approximate surface area is 150 Å². The Hall–Kier alpha value is -0.870. The number of quaternary nitrogens is 1. The van der Waals surface area contributed by atoms with Crippen molar-refractivity contribution >= 4 is 5.97 Å². The fraction of sp³-hybridized carbons (Fsp3) is 0.632. The van der Waals surface area contributed by atoms with Crippen molar-refractivity contribution in [1.82, 2.24) is 0 Å². The number of carbonyl (C=O) groups excluding carboxylic acids is 1. The average molecular weight is 382 g/mol. The van der Waals surface area contributed by atoms with Crippen molar-refractivity contribution in [2.24, 2.45) is 5.92 Å². The summed E-state index contributed by atoms with van der Waals surface area (Å²) in [6, 6.07) is 10.2. The monoisotopic (exact) mass is 381 g/mol. The minimum atomic E-state index is -0.0695. The summed E-state index contributed by atoms with van der Waals surface area (Å²) in [5, 5.41) is 0. The van der Waals surface area contributed by atoms with Gasteiger partial charge in [0.05, 0.1) is 26.6 Å². The lowest BCUT2D eigenvalue weighted by Gasteiger charge is -2.25. The van der Waals surface area contributed by atoms with Crippen LogP contribution in [-0.2, 0) is 9.53 Å². The number of benzene rings is 1. The summed E-state index contributed by atoms with van der Waals surface area (Å²) < 4.78 is 6.88. The maximum Gasteiger partial charge on any atom is 0.314 e. The Bertz CT molecular complexity index is 511. The highest BCUT2D eigenvalue weighted by Crippen LogP contribution is 2.38. The molecule has 1 aliphatic heterocycles. The first-order valence-corrected chi connectivity index (χ1v) is 8.63. The Morgan fingerprint density at radius 1 is 1.13 bits per heavy atom. The maximum atomic E-state index is 12.9. The second-order valence-electron chi connectivity index (χ2n) is 7.62. The molecule has 1 saturated heterocycles. The van der Waals surface area contributed by atoms with E-state index < -0.39 is 0 Å². The van der Waals surface area contributed by atoms with Crippen molar-refractivity contribution in [2.75, 3.05) is 27.2 Å². The Kier molecular flexibility index (Phi) is 6.26. The number of carbonyl (C=O) groups is 1. The van der Waals surface area contributed by atoms with Crippen molar-refractivity contribution in [1.29, 1.82) is 0 Å². The van der Waals surface area contributed by atoms with E-state index in [1.807, 2.05) is 18.2 Å². The molecule has 128 valence electrons. The van der Waals surface area contributed by atoms with Gasteiger partial charge in [0.15, 0.2) is 6.10 Å². The fourth-order valence-electron chi connectivity index (χ4n) is 4.11. The highest BCUT2D eigenvalue weighted by Gasteiger charge is 2.38. The smallest absolute Gasteiger partial charge is 0.314 e. The highest BCUT2D eigenvalue weighted by atomic mass is 79.9. The molecular formula is C19H28BrNO2. The van der Waals surface area contributed by atoms with Gasteiger partial charge in [-0.15, -0.1) is 0 Å². The number of likely N-dealkylation sites (tertiary alicyclic amines) is 1. The first kappa shape index (κ1) is 18.5. The molecule has 1 saturated carbocycles. The lowest BCUT2D eigenvalue weighted by Crippen LogP contribution is -3.00. The van der Waals surface area contributed by atoms with E-state index in [1.165, 1.54) is 12.8 Å². The number of ether oxygens (including phenoxy) is 1. The van der Waals surface area contributed by atoms with Gasteiger partial charge in [-0.1, -0.05) is 43.2 Å². The topological polar surface area (TPSA) is 26.3 Å². The normalized spacial score (nSPS) is 24.9. The van der Waals surface area contributed by atoms with Crippen LogP contribution in [0.4, 0.5) is 0 Å². The van der Waals surface area contributed by atoms with E-state index in [9.17, 15) is 4.79 Å². The summed E-state index contributed by atoms with van der Waals surface area (Å²) in [4.78, 5) is 12.9. The third-order valence-corrected chi connectivity index (χ3v) is 5.32. The van der Waals surface area contributed by atoms with Gasteiger partial charge in [0.2, 0.25) is 0 Å². The lowest BCUT2D eigenvalue weighted by atomic mass is 9.85. The average Bonchev–Trinajstić information content (AvgIpc) is 3.10. The van der Waals surface area contributed by atoms with Crippen LogP contribution in [0.5, 0.6) is 0 Å². The van der Waals surface area contributed by atoms with E-state index >= 15 is 0 Å². The van der Waals surface area contributed by atoms with Crippen molar-refractivity contribution in [2.45, 2.75) is 44.1 Å². The van der Waals surface area contributed by atoms with Crippen LogP contribution in [0.3, 0.4) is 0 Å². The summed E-state index contributed by atoms with van der Waals surface area (Å²) >= 11 is 0. The summed E-state index contributed by atoms with van der Waals surface area (Å²) in [6.07, 6.45) is 5.88. The van der Waals surface area contributed by atoms with E-state index in [0.29, 0.717) is 5.92 Å². The predicted octanol–water partition coefficient (Wildman–Crippen LogP) is 0.356. The molecule has 2 atom stereocenters. The molecule has 2 fully saturated rings. The molecule has 0 N–H and O–H groups in total. The van der Waals surface area contributed by atoms with Gasteiger partial charge >= 0.3 is 5.97 Å². The van der Waals surface area contributed by atoms with Gasteiger partial charge in [0.25, 0.3) is 0 Å². The van der Waals surface area contributed by atoms with Crippen molar-refractivity contribution in [3.05, 3.63) is 35.9 Å². The number of halogens is 1.